The lowest BCUT2D eigenvalue weighted by molar-refractivity contribution is -0.163. The summed E-state index contributed by atoms with van der Waals surface area (Å²) >= 11 is 1.52. The first-order valence-electron chi connectivity index (χ1n) is 18.0. The normalized spacial score (nSPS) is 16.1. The Balaban J connectivity index is 1.35. The number of ether oxygens (including phenoxy) is 4. The summed E-state index contributed by atoms with van der Waals surface area (Å²) in [7, 11) is -1.26. The molecule has 6 rings (SSSR count). The molecule has 12 heteroatoms. The zero-order valence-electron chi connectivity index (χ0n) is 30.5. The summed E-state index contributed by atoms with van der Waals surface area (Å²) in [5.74, 6) is -5.11. The molecule has 0 radical (unpaired) electrons. The standard InChI is InChI=1S/C42H42O10S2/c1-5-49-39(45)31(40(46)50-6-2)21-24-13-16-33-28(19-24)38(44)29-23-26(15-17-34(29)53-33)54-35-12-10-9-11-27(35)37(43)30-20-25(14-18-36(30)54)22-32(41(47)51-7-3)42(48)52-8-4/h9-20,23,31-32,38,44,54H,5-8,21-22H2,1-4H3. The second-order valence-electron chi connectivity index (χ2n) is 12.7. The molecule has 282 valence electrons. The van der Waals surface area contributed by atoms with Crippen LogP contribution in [-0.4, -0.2) is 61.2 Å². The summed E-state index contributed by atoms with van der Waals surface area (Å²) in [5, 5.41) is 11.9. The maximum absolute atomic E-state index is 14.0. The van der Waals surface area contributed by atoms with Crippen LogP contribution in [0.4, 0.5) is 0 Å². The first-order valence-corrected chi connectivity index (χ1v) is 20.1. The fourth-order valence-corrected chi connectivity index (χ4v) is 10.4. The Labute approximate surface area is 320 Å². The molecule has 2 aliphatic rings. The smallest absolute Gasteiger partial charge is 0.320 e. The van der Waals surface area contributed by atoms with Crippen molar-refractivity contribution in [1.82, 2.24) is 0 Å². The highest BCUT2D eigenvalue weighted by molar-refractivity contribution is 8.17. The van der Waals surface area contributed by atoms with E-state index in [-0.39, 0.29) is 45.1 Å². The van der Waals surface area contributed by atoms with Crippen molar-refractivity contribution in [3.8, 4) is 0 Å². The SMILES string of the molecule is CCOC(=O)C(Cc1ccc2c(c1)C(=O)c1ccccc1[SH]2c1ccc2c(c1)C(O)c1cc(CC(C(=O)OCC)C(=O)OCC)ccc1S2)C(=O)OCC. The van der Waals surface area contributed by atoms with Gasteiger partial charge in [-0.25, -0.2) is 0 Å². The van der Waals surface area contributed by atoms with Gasteiger partial charge in [-0.3, -0.25) is 24.0 Å². The summed E-state index contributed by atoms with van der Waals surface area (Å²) in [6, 6.07) is 24.6. The largest absolute Gasteiger partial charge is 0.465 e. The molecule has 10 nitrogen and oxygen atoms in total. The predicted octanol–water partition coefficient (Wildman–Crippen LogP) is 6.83. The zero-order valence-corrected chi connectivity index (χ0v) is 32.2. The van der Waals surface area contributed by atoms with E-state index in [2.05, 4.69) is 0 Å². The lowest BCUT2D eigenvalue weighted by Crippen LogP contribution is -2.30. The third-order valence-electron chi connectivity index (χ3n) is 9.24. The molecule has 0 aliphatic carbocycles. The van der Waals surface area contributed by atoms with E-state index >= 15 is 0 Å². The van der Waals surface area contributed by atoms with Crippen LogP contribution in [0.3, 0.4) is 0 Å². The highest BCUT2D eigenvalue weighted by Gasteiger charge is 2.35. The minimum Gasteiger partial charge on any atom is -0.465 e. The van der Waals surface area contributed by atoms with Crippen molar-refractivity contribution in [3.05, 3.63) is 112 Å². The van der Waals surface area contributed by atoms with Crippen LogP contribution in [0.15, 0.2) is 103 Å². The van der Waals surface area contributed by atoms with E-state index in [1.807, 2.05) is 72.8 Å². The van der Waals surface area contributed by atoms with Crippen LogP contribution in [0.1, 0.15) is 72.0 Å². The van der Waals surface area contributed by atoms with Gasteiger partial charge >= 0.3 is 23.9 Å². The van der Waals surface area contributed by atoms with Gasteiger partial charge in [0.2, 0.25) is 0 Å². The molecule has 0 bridgehead atoms. The molecule has 54 heavy (non-hydrogen) atoms. The number of esters is 4. The second kappa shape index (κ2) is 17.0. The minimum absolute atomic E-state index is 0.0157. The van der Waals surface area contributed by atoms with E-state index in [1.54, 1.807) is 33.8 Å². The number of aliphatic hydroxyl groups is 1. The maximum atomic E-state index is 14.0. The molecule has 0 saturated carbocycles. The maximum Gasteiger partial charge on any atom is 0.320 e. The van der Waals surface area contributed by atoms with Crippen LogP contribution in [0.5, 0.6) is 0 Å². The van der Waals surface area contributed by atoms with Crippen molar-refractivity contribution in [2.45, 2.75) is 71.1 Å². The molecule has 0 spiro atoms. The first kappa shape index (κ1) is 38.8. The van der Waals surface area contributed by atoms with E-state index in [9.17, 15) is 29.1 Å². The quantitative estimate of drug-likeness (QED) is 0.0564. The van der Waals surface area contributed by atoms with Crippen molar-refractivity contribution in [1.29, 1.82) is 0 Å². The Bertz CT molecular complexity index is 2070. The molecular weight excluding hydrogens is 729 g/mol. The number of carbonyl (C=O) groups is 5. The highest BCUT2D eigenvalue weighted by Crippen LogP contribution is 2.58. The molecule has 2 atom stereocenters. The molecule has 1 N–H and O–H groups in total. The van der Waals surface area contributed by atoms with Crippen LogP contribution in [-0.2, 0) is 51.0 Å². The second-order valence-corrected chi connectivity index (χ2v) is 15.9. The van der Waals surface area contributed by atoms with Gasteiger partial charge in [-0.1, -0.05) is 42.1 Å². The Morgan fingerprint density at radius 1 is 0.630 bits per heavy atom. The Morgan fingerprint density at radius 3 is 1.69 bits per heavy atom. The van der Waals surface area contributed by atoms with Gasteiger partial charge in [-0.2, -0.15) is 10.9 Å². The van der Waals surface area contributed by atoms with Crippen molar-refractivity contribution in [2.75, 3.05) is 26.4 Å². The van der Waals surface area contributed by atoms with Crippen LogP contribution in [0.2, 0.25) is 0 Å². The topological polar surface area (TPSA) is 143 Å². The van der Waals surface area contributed by atoms with E-state index in [0.717, 1.165) is 24.5 Å². The van der Waals surface area contributed by atoms with E-state index in [1.165, 1.54) is 11.8 Å². The third-order valence-corrected chi connectivity index (χ3v) is 13.0. The molecule has 0 saturated heterocycles. The van der Waals surface area contributed by atoms with Gasteiger partial charge in [-0.05, 0) is 116 Å². The van der Waals surface area contributed by atoms with E-state index < -0.39 is 52.7 Å². The summed E-state index contributed by atoms with van der Waals surface area (Å²) in [5.41, 5.74) is 3.73. The van der Waals surface area contributed by atoms with E-state index in [0.29, 0.717) is 33.4 Å². The van der Waals surface area contributed by atoms with E-state index in [4.69, 9.17) is 18.9 Å². The molecule has 4 aromatic rings. The number of rotatable bonds is 13. The monoisotopic (exact) mass is 770 g/mol. The number of thiol groups is 1. The summed E-state index contributed by atoms with van der Waals surface area (Å²) in [6.45, 7) is 7.19. The predicted molar refractivity (Wildman–Crippen MR) is 202 cm³/mol. The first-order chi connectivity index (χ1) is 26.1. The number of ketones is 1. The van der Waals surface area contributed by atoms with Crippen molar-refractivity contribution in [2.24, 2.45) is 11.8 Å². The number of benzene rings is 4. The zero-order chi connectivity index (χ0) is 38.5. The van der Waals surface area contributed by atoms with Crippen molar-refractivity contribution < 1.29 is 48.0 Å². The van der Waals surface area contributed by atoms with Crippen LogP contribution in [0, 0.1) is 11.8 Å². The van der Waals surface area contributed by atoms with Crippen LogP contribution in [0.25, 0.3) is 0 Å². The lowest BCUT2D eigenvalue weighted by atomic mass is 9.94. The molecule has 2 aliphatic heterocycles. The molecular formula is C42H42O10S2. The Kier molecular flexibility index (Phi) is 12.3. The molecule has 0 aromatic heterocycles. The number of hydrogen-bond donors (Lipinski definition) is 2. The number of fused-ring (bicyclic) bond motifs is 4. The average molecular weight is 771 g/mol. The Hall–Kier alpha value is -4.91. The van der Waals surface area contributed by atoms with Crippen LogP contribution >= 0.6 is 22.7 Å². The van der Waals surface area contributed by atoms with Gasteiger partial charge in [0.1, 0.15) is 6.10 Å². The average Bonchev–Trinajstić information content (AvgIpc) is 3.17. The minimum atomic E-state index is -1.26. The molecule has 0 fully saturated rings. The van der Waals surface area contributed by atoms with Gasteiger partial charge < -0.3 is 24.1 Å². The molecule has 2 unspecified atom stereocenters. The van der Waals surface area contributed by atoms with Gasteiger partial charge in [0.25, 0.3) is 0 Å². The number of carbonyl (C=O) groups excluding carboxylic acids is 5. The van der Waals surface area contributed by atoms with Crippen molar-refractivity contribution in [3.63, 3.8) is 0 Å². The van der Waals surface area contributed by atoms with Gasteiger partial charge in [0.05, 0.1) is 26.4 Å². The third kappa shape index (κ3) is 7.82. The van der Waals surface area contributed by atoms with Gasteiger partial charge in [0, 0.05) is 30.7 Å². The number of aliphatic hydroxyl groups excluding tert-OH is 1. The van der Waals surface area contributed by atoms with Gasteiger partial charge in [-0.15, -0.1) is 0 Å². The lowest BCUT2D eigenvalue weighted by Gasteiger charge is -2.33. The molecule has 2 heterocycles. The summed E-state index contributed by atoms with van der Waals surface area (Å²) < 4.78 is 20.7. The molecule has 4 aromatic carbocycles. The Morgan fingerprint density at radius 2 is 1.11 bits per heavy atom. The summed E-state index contributed by atoms with van der Waals surface area (Å²) in [6.07, 6.45) is -0.923. The number of hydrogen-bond acceptors (Lipinski definition) is 11. The highest BCUT2D eigenvalue weighted by atomic mass is 32.2. The summed E-state index contributed by atoms with van der Waals surface area (Å²) in [4.78, 5) is 69.3. The van der Waals surface area contributed by atoms with Crippen LogP contribution < -0.4 is 0 Å². The fraction of sp³-hybridized carbons (Fsp3) is 0.310. The van der Waals surface area contributed by atoms with Crippen molar-refractivity contribution >= 4 is 52.3 Å². The molecule has 0 amide bonds. The fourth-order valence-electron chi connectivity index (χ4n) is 6.77. The van der Waals surface area contributed by atoms with Gasteiger partial charge in [0.15, 0.2) is 17.6 Å².